The Morgan fingerprint density at radius 3 is 2.74 bits per heavy atom. The van der Waals surface area contributed by atoms with Gasteiger partial charge in [-0.15, -0.1) is 0 Å². The number of rotatable bonds is 4. The van der Waals surface area contributed by atoms with E-state index in [1.54, 1.807) is 11.9 Å². The second kappa shape index (κ2) is 5.56. The van der Waals surface area contributed by atoms with E-state index >= 15 is 0 Å². The first-order valence-electron chi connectivity index (χ1n) is 6.05. The van der Waals surface area contributed by atoms with Gasteiger partial charge in [0.05, 0.1) is 6.10 Å². The molecule has 0 bridgehead atoms. The molecular formula is C11H16ClN5O2. The molecule has 1 fully saturated rings. The lowest BCUT2D eigenvalue weighted by Crippen LogP contribution is -2.31. The largest absolute Gasteiger partial charge is 0.461 e. The van der Waals surface area contributed by atoms with Gasteiger partial charge in [-0.3, -0.25) is 4.79 Å². The third-order valence-corrected chi connectivity index (χ3v) is 2.83. The predicted molar refractivity (Wildman–Crippen MR) is 70.3 cm³/mol. The van der Waals surface area contributed by atoms with Crippen LogP contribution in [0.3, 0.4) is 0 Å². The van der Waals surface area contributed by atoms with Crippen molar-refractivity contribution in [3.05, 3.63) is 5.28 Å². The van der Waals surface area contributed by atoms with Crippen molar-refractivity contribution in [1.82, 2.24) is 19.9 Å². The van der Waals surface area contributed by atoms with Gasteiger partial charge in [-0.05, 0) is 31.9 Å². The van der Waals surface area contributed by atoms with Gasteiger partial charge in [-0.1, -0.05) is 0 Å². The fraction of sp³-hybridized carbons (Fsp3) is 0.636. The molecule has 0 aliphatic carbocycles. The van der Waals surface area contributed by atoms with Crippen LogP contribution in [0.2, 0.25) is 5.28 Å². The van der Waals surface area contributed by atoms with E-state index in [4.69, 9.17) is 16.3 Å². The van der Waals surface area contributed by atoms with Crippen molar-refractivity contribution in [2.75, 3.05) is 18.9 Å². The van der Waals surface area contributed by atoms with E-state index in [0.29, 0.717) is 13.0 Å². The number of carbonyl (C=O) groups is 1. The van der Waals surface area contributed by atoms with E-state index in [0.717, 1.165) is 0 Å². The van der Waals surface area contributed by atoms with Gasteiger partial charge in [0, 0.05) is 13.6 Å². The van der Waals surface area contributed by atoms with E-state index in [-0.39, 0.29) is 35.3 Å². The third-order valence-electron chi connectivity index (χ3n) is 2.66. The molecule has 1 unspecified atom stereocenters. The Kier molecular flexibility index (Phi) is 4.04. The van der Waals surface area contributed by atoms with E-state index < -0.39 is 0 Å². The van der Waals surface area contributed by atoms with Gasteiger partial charge < -0.3 is 15.0 Å². The summed E-state index contributed by atoms with van der Waals surface area (Å²) in [6.45, 7) is 4.44. The van der Waals surface area contributed by atoms with Crippen molar-refractivity contribution < 1.29 is 9.53 Å². The van der Waals surface area contributed by atoms with Gasteiger partial charge in [0.25, 0.3) is 0 Å². The number of nitrogens with one attached hydrogen (secondary N) is 1. The minimum atomic E-state index is -0.324. The van der Waals surface area contributed by atoms with Crippen LogP contribution in [0.15, 0.2) is 0 Å². The quantitative estimate of drug-likeness (QED) is 0.887. The first kappa shape index (κ1) is 13.8. The fourth-order valence-electron chi connectivity index (χ4n) is 1.77. The average Bonchev–Trinajstić information content (AvgIpc) is 2.59. The summed E-state index contributed by atoms with van der Waals surface area (Å²) in [7, 11) is 1.76. The number of ether oxygens (including phenoxy) is 1. The second-order valence-electron chi connectivity index (χ2n) is 4.62. The number of hydrogen-bond donors (Lipinski definition) is 1. The zero-order valence-corrected chi connectivity index (χ0v) is 11.8. The van der Waals surface area contributed by atoms with Crippen LogP contribution in [-0.2, 0) is 4.79 Å². The van der Waals surface area contributed by atoms with E-state index in [2.05, 4.69) is 20.3 Å². The van der Waals surface area contributed by atoms with Crippen LogP contribution in [0, 0.1) is 0 Å². The van der Waals surface area contributed by atoms with Crippen molar-refractivity contribution in [1.29, 1.82) is 0 Å². The first-order valence-corrected chi connectivity index (χ1v) is 6.43. The zero-order chi connectivity index (χ0) is 14.0. The lowest BCUT2D eigenvalue weighted by molar-refractivity contribution is -0.127. The highest BCUT2D eigenvalue weighted by atomic mass is 35.5. The highest BCUT2D eigenvalue weighted by Gasteiger charge is 2.29. The normalized spacial score (nSPS) is 19.1. The number of likely N-dealkylation sites (N-methyl/N-ethyl adjacent to an activating group) is 1. The van der Waals surface area contributed by atoms with Crippen LogP contribution in [0.4, 0.5) is 5.95 Å². The molecule has 1 N–H and O–H groups in total. The van der Waals surface area contributed by atoms with Gasteiger partial charge >= 0.3 is 6.01 Å². The van der Waals surface area contributed by atoms with Gasteiger partial charge in [0.15, 0.2) is 0 Å². The topological polar surface area (TPSA) is 80.2 Å². The number of nitrogens with zero attached hydrogens (tertiary/aromatic N) is 4. The fourth-order valence-corrected chi connectivity index (χ4v) is 1.92. The number of carbonyl (C=O) groups excluding carboxylic acids is 1. The highest BCUT2D eigenvalue weighted by molar-refractivity contribution is 6.28. The summed E-state index contributed by atoms with van der Waals surface area (Å²) in [5.74, 6) is 0.271. The van der Waals surface area contributed by atoms with Crippen LogP contribution in [0.1, 0.15) is 20.3 Å². The van der Waals surface area contributed by atoms with E-state index in [9.17, 15) is 4.79 Å². The third kappa shape index (κ3) is 3.44. The molecular weight excluding hydrogens is 270 g/mol. The monoisotopic (exact) mass is 285 g/mol. The lowest BCUT2D eigenvalue weighted by atomic mass is 10.2. The summed E-state index contributed by atoms with van der Waals surface area (Å²) >= 11 is 5.81. The number of aromatic nitrogens is 3. The van der Waals surface area contributed by atoms with Crippen molar-refractivity contribution in [2.45, 2.75) is 32.4 Å². The molecule has 0 spiro atoms. The van der Waals surface area contributed by atoms with Gasteiger partial charge in [-0.25, -0.2) is 0 Å². The summed E-state index contributed by atoms with van der Waals surface area (Å²) in [6, 6.07) is -0.174. The molecule has 1 aliphatic heterocycles. The Labute approximate surface area is 116 Å². The number of amides is 1. The maximum atomic E-state index is 11.8. The Morgan fingerprint density at radius 1 is 1.42 bits per heavy atom. The Morgan fingerprint density at radius 2 is 2.16 bits per heavy atom. The summed E-state index contributed by atoms with van der Waals surface area (Å²) in [4.78, 5) is 25.3. The standard InChI is InChI=1S/C11H16ClN5O2/c1-6(2)19-11-15-9(12)14-10(16-11)13-7-4-5-17(3)8(7)18/h6-7H,4-5H2,1-3H3,(H,13,14,15,16). The molecule has 0 radical (unpaired) electrons. The van der Waals surface area contributed by atoms with Crippen LogP contribution < -0.4 is 10.1 Å². The smallest absolute Gasteiger partial charge is 0.322 e. The number of anilines is 1. The Balaban J connectivity index is 2.12. The summed E-state index contributed by atoms with van der Waals surface area (Å²) in [5.41, 5.74) is 0. The maximum Gasteiger partial charge on any atom is 0.322 e. The molecule has 1 saturated heterocycles. The van der Waals surface area contributed by atoms with Crippen molar-refractivity contribution >= 4 is 23.5 Å². The molecule has 7 nitrogen and oxygen atoms in total. The highest BCUT2D eigenvalue weighted by Crippen LogP contribution is 2.17. The molecule has 1 aromatic heterocycles. The van der Waals surface area contributed by atoms with E-state index in [1.165, 1.54) is 0 Å². The molecule has 1 atom stereocenters. The van der Waals surface area contributed by atoms with Crippen molar-refractivity contribution in [3.8, 4) is 6.01 Å². The van der Waals surface area contributed by atoms with Gasteiger partial charge in [0.2, 0.25) is 17.1 Å². The van der Waals surface area contributed by atoms with Crippen molar-refractivity contribution in [2.24, 2.45) is 0 Å². The molecule has 19 heavy (non-hydrogen) atoms. The van der Waals surface area contributed by atoms with Crippen LogP contribution in [0.25, 0.3) is 0 Å². The molecule has 104 valence electrons. The Hall–Kier alpha value is -1.63. The second-order valence-corrected chi connectivity index (χ2v) is 4.96. The van der Waals surface area contributed by atoms with Crippen LogP contribution in [0.5, 0.6) is 6.01 Å². The van der Waals surface area contributed by atoms with Crippen LogP contribution >= 0.6 is 11.6 Å². The first-order chi connectivity index (χ1) is 8.95. The summed E-state index contributed by atoms with van der Waals surface area (Å²) in [5, 5.41) is 2.99. The molecule has 0 aromatic carbocycles. The minimum Gasteiger partial charge on any atom is -0.461 e. The summed E-state index contributed by atoms with van der Waals surface area (Å²) < 4.78 is 5.37. The number of halogens is 1. The molecule has 1 aromatic rings. The van der Waals surface area contributed by atoms with Crippen LogP contribution in [-0.4, -0.2) is 51.5 Å². The molecule has 1 aliphatic rings. The zero-order valence-electron chi connectivity index (χ0n) is 11.1. The average molecular weight is 286 g/mol. The SMILES string of the molecule is CC(C)Oc1nc(Cl)nc(NC2CCN(C)C2=O)n1. The number of hydrogen-bond acceptors (Lipinski definition) is 6. The lowest BCUT2D eigenvalue weighted by Gasteiger charge is -2.13. The van der Waals surface area contributed by atoms with Gasteiger partial charge in [-0.2, -0.15) is 15.0 Å². The molecule has 0 saturated carbocycles. The molecule has 2 rings (SSSR count). The summed E-state index contributed by atoms with van der Waals surface area (Å²) in [6.07, 6.45) is 0.643. The Bertz CT molecular complexity index is 482. The van der Waals surface area contributed by atoms with Gasteiger partial charge in [0.1, 0.15) is 6.04 Å². The molecule has 2 heterocycles. The number of likely N-dealkylation sites (tertiary alicyclic amines) is 1. The predicted octanol–water partition coefficient (Wildman–Crippen LogP) is 0.955. The molecule has 8 heteroatoms. The van der Waals surface area contributed by atoms with E-state index in [1.807, 2.05) is 13.8 Å². The maximum absolute atomic E-state index is 11.8. The minimum absolute atomic E-state index is 0.0165. The molecule has 1 amide bonds. The van der Waals surface area contributed by atoms with Crippen molar-refractivity contribution in [3.63, 3.8) is 0 Å².